The fourth-order valence-corrected chi connectivity index (χ4v) is 3.89. The molecule has 0 fully saturated rings. The lowest BCUT2D eigenvalue weighted by Gasteiger charge is -2.00. The van der Waals surface area contributed by atoms with Crippen LogP contribution >= 0.6 is 51.5 Å². The van der Waals surface area contributed by atoms with E-state index in [2.05, 4.69) is 33.9 Å². The van der Waals surface area contributed by atoms with Crippen LogP contribution in [0.4, 0.5) is 0 Å². The van der Waals surface area contributed by atoms with E-state index in [1.54, 1.807) is 11.3 Å². The summed E-state index contributed by atoms with van der Waals surface area (Å²) in [6, 6.07) is 4.02. The van der Waals surface area contributed by atoms with Gasteiger partial charge in [0.2, 0.25) is 0 Å². The Bertz CT molecular complexity index is 450. The molecule has 0 atom stereocenters. The lowest BCUT2D eigenvalue weighted by atomic mass is 10.2. The third-order valence-electron chi connectivity index (χ3n) is 1.88. The van der Waals surface area contributed by atoms with E-state index in [-0.39, 0.29) is 0 Å². The number of thiophene rings is 1. The second kappa shape index (κ2) is 3.81. The van der Waals surface area contributed by atoms with Crippen molar-refractivity contribution in [3.8, 4) is 0 Å². The molecule has 0 spiro atoms. The average Bonchev–Trinajstić information content (AvgIpc) is 2.50. The molecule has 13 heavy (non-hydrogen) atoms. The third-order valence-corrected chi connectivity index (χ3v) is 4.52. The number of alkyl halides is 1. The topological polar surface area (TPSA) is 0 Å². The number of fused-ring (bicyclic) bond motifs is 1. The van der Waals surface area contributed by atoms with Crippen molar-refractivity contribution in [2.24, 2.45) is 0 Å². The van der Waals surface area contributed by atoms with Gasteiger partial charge < -0.3 is 0 Å². The fourth-order valence-electron chi connectivity index (χ4n) is 1.26. The zero-order chi connectivity index (χ0) is 9.42. The molecule has 2 aromatic rings. The van der Waals surface area contributed by atoms with Crippen LogP contribution in [0.1, 0.15) is 5.56 Å². The average molecular weight is 294 g/mol. The second-order valence-electron chi connectivity index (χ2n) is 2.67. The first-order valence-corrected chi connectivity index (χ1v) is 6.33. The number of rotatable bonds is 1. The van der Waals surface area contributed by atoms with E-state index in [1.807, 2.05) is 12.1 Å². The molecular formula is C9H6BrClS2. The van der Waals surface area contributed by atoms with E-state index in [0.717, 1.165) is 9.37 Å². The quantitative estimate of drug-likeness (QED) is 0.572. The molecule has 2 rings (SSSR count). The molecule has 0 aliphatic heterocycles. The molecule has 0 nitrogen and oxygen atoms in total. The van der Waals surface area contributed by atoms with Gasteiger partial charge in [0.25, 0.3) is 0 Å². The van der Waals surface area contributed by atoms with E-state index >= 15 is 0 Å². The van der Waals surface area contributed by atoms with Gasteiger partial charge >= 0.3 is 0 Å². The summed E-state index contributed by atoms with van der Waals surface area (Å²) in [6.45, 7) is 0. The molecule has 1 aromatic heterocycles. The maximum atomic E-state index is 5.83. The van der Waals surface area contributed by atoms with Crippen molar-refractivity contribution in [1.82, 2.24) is 0 Å². The van der Waals surface area contributed by atoms with Gasteiger partial charge in [0.1, 0.15) is 0 Å². The van der Waals surface area contributed by atoms with Crippen LogP contribution in [0, 0.1) is 0 Å². The summed E-state index contributed by atoms with van der Waals surface area (Å²) in [5.74, 6) is 0.553. The number of halogens is 2. The van der Waals surface area contributed by atoms with Gasteiger partial charge in [-0.05, 0) is 27.6 Å². The monoisotopic (exact) mass is 292 g/mol. The van der Waals surface area contributed by atoms with Crippen LogP contribution in [-0.2, 0) is 5.88 Å². The van der Waals surface area contributed by atoms with Gasteiger partial charge in [0, 0.05) is 30.7 Å². The van der Waals surface area contributed by atoms with Gasteiger partial charge in [-0.2, -0.15) is 0 Å². The first kappa shape index (κ1) is 9.84. The number of thiol groups is 1. The largest absolute Gasteiger partial charge is 0.143 e. The van der Waals surface area contributed by atoms with E-state index in [4.69, 9.17) is 11.6 Å². The smallest absolute Gasteiger partial charge is 0.0488 e. The predicted molar refractivity (Wildman–Crippen MR) is 66.3 cm³/mol. The molecule has 0 aliphatic carbocycles. The first-order valence-electron chi connectivity index (χ1n) is 3.67. The number of hydrogen-bond acceptors (Lipinski definition) is 2. The Balaban J connectivity index is 2.87. The van der Waals surface area contributed by atoms with Crippen LogP contribution < -0.4 is 0 Å². The molecule has 1 aromatic carbocycles. The van der Waals surface area contributed by atoms with Gasteiger partial charge in [-0.15, -0.1) is 35.6 Å². The first-order chi connectivity index (χ1) is 6.24. The van der Waals surface area contributed by atoms with Crippen LogP contribution in [0.3, 0.4) is 0 Å². The lowest BCUT2D eigenvalue weighted by Crippen LogP contribution is -1.78. The molecule has 0 bridgehead atoms. The van der Waals surface area contributed by atoms with E-state index < -0.39 is 0 Å². The van der Waals surface area contributed by atoms with E-state index in [0.29, 0.717) is 5.88 Å². The Labute approximate surface area is 99.4 Å². The summed E-state index contributed by atoms with van der Waals surface area (Å²) in [5.41, 5.74) is 1.17. The van der Waals surface area contributed by atoms with Crippen LogP contribution in [0.5, 0.6) is 0 Å². The van der Waals surface area contributed by atoms with Crippen molar-refractivity contribution >= 4 is 61.6 Å². The number of hydrogen-bond donors (Lipinski definition) is 1. The molecule has 68 valence electrons. The van der Waals surface area contributed by atoms with E-state index in [1.165, 1.54) is 15.6 Å². The highest BCUT2D eigenvalue weighted by Gasteiger charge is 2.08. The van der Waals surface area contributed by atoms with Crippen molar-refractivity contribution in [2.45, 2.75) is 10.8 Å². The van der Waals surface area contributed by atoms with Gasteiger partial charge in [0.15, 0.2) is 0 Å². The van der Waals surface area contributed by atoms with Crippen molar-refractivity contribution < 1.29 is 0 Å². The van der Waals surface area contributed by atoms with Crippen LogP contribution in [0.25, 0.3) is 10.1 Å². The summed E-state index contributed by atoms with van der Waals surface area (Å²) in [7, 11) is 0. The molecule has 0 unspecified atom stereocenters. The maximum Gasteiger partial charge on any atom is 0.0488 e. The summed E-state index contributed by atoms with van der Waals surface area (Å²) < 4.78 is 2.33. The zero-order valence-corrected chi connectivity index (χ0v) is 10.6. The zero-order valence-electron chi connectivity index (χ0n) is 6.55. The number of benzene rings is 1. The molecule has 0 aliphatic rings. The van der Waals surface area contributed by atoms with Crippen molar-refractivity contribution in [3.63, 3.8) is 0 Å². The molecule has 1 heterocycles. The summed E-state index contributed by atoms with van der Waals surface area (Å²) in [6.07, 6.45) is 0. The maximum absolute atomic E-state index is 5.83. The Hall–Kier alpha value is 0.300. The van der Waals surface area contributed by atoms with Crippen LogP contribution in [-0.4, -0.2) is 0 Å². The molecule has 0 amide bonds. The Kier molecular flexibility index (Phi) is 2.88. The molecular weight excluding hydrogens is 288 g/mol. The summed E-state index contributed by atoms with van der Waals surface area (Å²) in [4.78, 5) is 0.997. The predicted octanol–water partition coefficient (Wildman–Crippen LogP) is 4.69. The Morgan fingerprint density at radius 2 is 2.23 bits per heavy atom. The molecule has 4 heteroatoms. The Morgan fingerprint density at radius 3 is 2.92 bits per heavy atom. The van der Waals surface area contributed by atoms with Gasteiger partial charge in [-0.1, -0.05) is 6.07 Å². The lowest BCUT2D eigenvalue weighted by molar-refractivity contribution is 1.43. The van der Waals surface area contributed by atoms with Crippen LogP contribution in [0.15, 0.2) is 26.9 Å². The fraction of sp³-hybridized carbons (Fsp3) is 0.111. The van der Waals surface area contributed by atoms with E-state index in [9.17, 15) is 0 Å². The van der Waals surface area contributed by atoms with Crippen molar-refractivity contribution in [2.75, 3.05) is 0 Å². The minimum atomic E-state index is 0.553. The molecule has 0 saturated heterocycles. The van der Waals surface area contributed by atoms with Crippen molar-refractivity contribution in [1.29, 1.82) is 0 Å². The summed E-state index contributed by atoms with van der Waals surface area (Å²) >= 11 is 15.4. The standard InChI is InChI=1S/C9H6BrClS2/c10-6-4-13-9-5(3-11)1-2-7(12)8(6)9/h1-2,4,12H,3H2. The summed E-state index contributed by atoms with van der Waals surface area (Å²) in [5, 5.41) is 3.24. The SMILES string of the molecule is Sc1ccc(CCl)c2scc(Br)c12. The normalized spacial score (nSPS) is 11.0. The van der Waals surface area contributed by atoms with Gasteiger partial charge in [-0.3, -0.25) is 0 Å². The van der Waals surface area contributed by atoms with Crippen molar-refractivity contribution in [3.05, 3.63) is 27.5 Å². The van der Waals surface area contributed by atoms with Crippen LogP contribution in [0.2, 0.25) is 0 Å². The van der Waals surface area contributed by atoms with Gasteiger partial charge in [0.05, 0.1) is 0 Å². The molecule has 0 saturated carbocycles. The highest BCUT2D eigenvalue weighted by molar-refractivity contribution is 9.10. The molecule has 0 N–H and O–H groups in total. The highest BCUT2D eigenvalue weighted by atomic mass is 79.9. The minimum Gasteiger partial charge on any atom is -0.143 e. The van der Waals surface area contributed by atoms with Gasteiger partial charge in [-0.25, -0.2) is 0 Å². The highest BCUT2D eigenvalue weighted by Crippen LogP contribution is 2.37. The Morgan fingerprint density at radius 1 is 1.46 bits per heavy atom. The minimum absolute atomic E-state index is 0.553. The third kappa shape index (κ3) is 1.63. The molecule has 0 radical (unpaired) electrons. The second-order valence-corrected chi connectivity index (χ2v) is 5.15.